The van der Waals surface area contributed by atoms with Gasteiger partial charge >= 0.3 is 0 Å². The summed E-state index contributed by atoms with van der Waals surface area (Å²) in [5.74, 6) is -0.185. The van der Waals surface area contributed by atoms with Gasteiger partial charge in [0.1, 0.15) is 0 Å². The number of allylic oxidation sites excluding steroid dienone is 2. The normalized spacial score (nSPS) is 24.2. The van der Waals surface area contributed by atoms with Crippen molar-refractivity contribution in [2.75, 3.05) is 0 Å². The van der Waals surface area contributed by atoms with E-state index in [0.717, 1.165) is 6.42 Å². The maximum absolute atomic E-state index is 10.9. The molecule has 0 spiro atoms. The van der Waals surface area contributed by atoms with Gasteiger partial charge in [0.25, 0.3) is 0 Å². The highest BCUT2D eigenvalue weighted by Crippen LogP contribution is 2.31. The number of hydrogen-bond acceptors (Lipinski definition) is 2. The van der Waals surface area contributed by atoms with E-state index in [9.17, 15) is 4.79 Å². The minimum Gasteiger partial charge on any atom is -0.505 e. The molecule has 10 heavy (non-hydrogen) atoms. The van der Waals surface area contributed by atoms with Gasteiger partial charge in [-0.3, -0.25) is 4.79 Å². The number of carbonyl (C=O) groups is 1. The molecule has 0 saturated heterocycles. The van der Waals surface area contributed by atoms with Gasteiger partial charge in [-0.15, -0.1) is 0 Å². The van der Waals surface area contributed by atoms with Gasteiger partial charge in [0.05, 0.1) is 0 Å². The SMILES string of the molecule is CC1(C)CC=C(O)C(=O)C1. The van der Waals surface area contributed by atoms with E-state index in [0.29, 0.717) is 6.42 Å². The van der Waals surface area contributed by atoms with Gasteiger partial charge in [0.2, 0.25) is 0 Å². The number of rotatable bonds is 0. The van der Waals surface area contributed by atoms with Crippen LogP contribution in [0.3, 0.4) is 0 Å². The summed E-state index contributed by atoms with van der Waals surface area (Å²) in [4.78, 5) is 10.9. The Bertz CT molecular complexity index is 189. The van der Waals surface area contributed by atoms with Crippen molar-refractivity contribution < 1.29 is 9.90 Å². The number of Topliss-reactive ketones (excluding diaryl/α,β-unsaturated/α-hetero) is 1. The second kappa shape index (κ2) is 2.11. The van der Waals surface area contributed by atoms with Crippen molar-refractivity contribution in [1.29, 1.82) is 0 Å². The highest BCUT2D eigenvalue weighted by Gasteiger charge is 2.27. The van der Waals surface area contributed by atoms with Crippen LogP contribution in [-0.2, 0) is 4.79 Å². The lowest BCUT2D eigenvalue weighted by Crippen LogP contribution is -2.22. The molecule has 0 unspecified atom stereocenters. The third-order valence-electron chi connectivity index (χ3n) is 1.77. The molecule has 0 aromatic carbocycles. The molecule has 1 N–H and O–H groups in total. The van der Waals surface area contributed by atoms with Crippen LogP contribution >= 0.6 is 0 Å². The molecule has 1 aliphatic carbocycles. The van der Waals surface area contributed by atoms with Crippen molar-refractivity contribution in [3.63, 3.8) is 0 Å². The van der Waals surface area contributed by atoms with Gasteiger partial charge < -0.3 is 5.11 Å². The van der Waals surface area contributed by atoms with E-state index in [-0.39, 0.29) is 17.0 Å². The molecule has 0 heterocycles. The first-order chi connectivity index (χ1) is 4.51. The van der Waals surface area contributed by atoms with Crippen molar-refractivity contribution in [3.8, 4) is 0 Å². The van der Waals surface area contributed by atoms with E-state index >= 15 is 0 Å². The molecule has 0 aromatic rings. The van der Waals surface area contributed by atoms with Crippen LogP contribution in [0, 0.1) is 5.41 Å². The first-order valence-corrected chi connectivity index (χ1v) is 3.44. The van der Waals surface area contributed by atoms with Crippen LogP contribution in [0.5, 0.6) is 0 Å². The maximum Gasteiger partial charge on any atom is 0.197 e. The standard InChI is InChI=1S/C8H12O2/c1-8(2)4-3-6(9)7(10)5-8/h3,9H,4-5H2,1-2H3. The molecule has 1 rings (SSSR count). The molecular weight excluding hydrogens is 128 g/mol. The molecule has 0 aromatic heterocycles. The Kier molecular flexibility index (Phi) is 1.55. The average Bonchev–Trinajstić information content (AvgIpc) is 1.79. The van der Waals surface area contributed by atoms with E-state index in [1.54, 1.807) is 6.08 Å². The molecular formula is C8H12O2. The Morgan fingerprint density at radius 2 is 2.20 bits per heavy atom. The molecule has 1 aliphatic rings. The zero-order chi connectivity index (χ0) is 7.78. The highest BCUT2D eigenvalue weighted by atomic mass is 16.3. The summed E-state index contributed by atoms with van der Waals surface area (Å²) in [6.07, 6.45) is 2.87. The van der Waals surface area contributed by atoms with E-state index in [2.05, 4.69) is 0 Å². The summed E-state index contributed by atoms with van der Waals surface area (Å²) in [5.41, 5.74) is 0.0450. The second-order valence-electron chi connectivity index (χ2n) is 3.56. The van der Waals surface area contributed by atoms with Gasteiger partial charge in [-0.05, 0) is 17.9 Å². The summed E-state index contributed by atoms with van der Waals surface area (Å²) in [6.45, 7) is 4.04. The summed E-state index contributed by atoms with van der Waals surface area (Å²) >= 11 is 0. The molecule has 0 saturated carbocycles. The first kappa shape index (κ1) is 7.32. The lowest BCUT2D eigenvalue weighted by Gasteiger charge is -2.25. The van der Waals surface area contributed by atoms with Gasteiger partial charge in [0.15, 0.2) is 11.5 Å². The molecule has 0 radical (unpaired) electrons. The zero-order valence-electron chi connectivity index (χ0n) is 6.35. The maximum atomic E-state index is 10.9. The Hall–Kier alpha value is -0.790. The predicted molar refractivity (Wildman–Crippen MR) is 38.7 cm³/mol. The number of ketones is 1. The summed E-state index contributed by atoms with van der Waals surface area (Å²) in [6, 6.07) is 0. The Morgan fingerprint density at radius 3 is 2.60 bits per heavy atom. The summed E-state index contributed by atoms with van der Waals surface area (Å²) in [5, 5.41) is 8.92. The lowest BCUT2D eigenvalue weighted by atomic mass is 9.80. The molecule has 56 valence electrons. The fourth-order valence-corrected chi connectivity index (χ4v) is 1.08. The highest BCUT2D eigenvalue weighted by molar-refractivity contribution is 5.94. The van der Waals surface area contributed by atoms with Crippen molar-refractivity contribution in [1.82, 2.24) is 0 Å². The van der Waals surface area contributed by atoms with Crippen LogP contribution < -0.4 is 0 Å². The fourth-order valence-electron chi connectivity index (χ4n) is 1.08. The van der Waals surface area contributed by atoms with Crippen molar-refractivity contribution in [2.45, 2.75) is 26.7 Å². The molecule has 0 amide bonds. The van der Waals surface area contributed by atoms with Crippen LogP contribution in [-0.4, -0.2) is 10.9 Å². The summed E-state index contributed by atoms with van der Waals surface area (Å²) in [7, 11) is 0. The Morgan fingerprint density at radius 1 is 1.60 bits per heavy atom. The van der Waals surface area contributed by atoms with Gasteiger partial charge in [-0.25, -0.2) is 0 Å². The molecule has 0 atom stereocenters. The minimum atomic E-state index is -0.128. The van der Waals surface area contributed by atoms with Crippen LogP contribution in [0.1, 0.15) is 26.7 Å². The minimum absolute atomic E-state index is 0.0450. The van der Waals surface area contributed by atoms with Gasteiger partial charge in [-0.1, -0.05) is 13.8 Å². The zero-order valence-corrected chi connectivity index (χ0v) is 6.35. The van der Waals surface area contributed by atoms with E-state index in [1.165, 1.54) is 0 Å². The van der Waals surface area contributed by atoms with E-state index < -0.39 is 0 Å². The fraction of sp³-hybridized carbons (Fsp3) is 0.625. The third-order valence-corrected chi connectivity index (χ3v) is 1.77. The molecule has 2 heteroatoms. The van der Waals surface area contributed by atoms with Gasteiger partial charge in [-0.2, -0.15) is 0 Å². The molecule has 0 fully saturated rings. The second-order valence-corrected chi connectivity index (χ2v) is 3.56. The topological polar surface area (TPSA) is 37.3 Å². The number of aliphatic hydroxyl groups is 1. The number of aliphatic hydroxyl groups excluding tert-OH is 1. The molecule has 0 aliphatic heterocycles. The quantitative estimate of drug-likeness (QED) is 0.557. The smallest absolute Gasteiger partial charge is 0.197 e. The monoisotopic (exact) mass is 140 g/mol. The van der Waals surface area contributed by atoms with Crippen molar-refractivity contribution >= 4 is 5.78 Å². The molecule has 2 nitrogen and oxygen atoms in total. The average molecular weight is 140 g/mol. The van der Waals surface area contributed by atoms with Crippen molar-refractivity contribution in [2.24, 2.45) is 5.41 Å². The Balaban J connectivity index is 2.79. The number of carbonyl (C=O) groups excluding carboxylic acids is 1. The van der Waals surface area contributed by atoms with E-state index in [4.69, 9.17) is 5.11 Å². The van der Waals surface area contributed by atoms with Crippen LogP contribution in [0.25, 0.3) is 0 Å². The number of hydrogen-bond donors (Lipinski definition) is 1. The van der Waals surface area contributed by atoms with Crippen LogP contribution in [0.2, 0.25) is 0 Å². The van der Waals surface area contributed by atoms with E-state index in [1.807, 2.05) is 13.8 Å². The van der Waals surface area contributed by atoms with Gasteiger partial charge in [0, 0.05) is 6.42 Å². The predicted octanol–water partition coefficient (Wildman–Crippen LogP) is 1.82. The lowest BCUT2D eigenvalue weighted by molar-refractivity contribution is -0.120. The first-order valence-electron chi connectivity index (χ1n) is 3.44. The van der Waals surface area contributed by atoms with Crippen LogP contribution in [0.4, 0.5) is 0 Å². The largest absolute Gasteiger partial charge is 0.505 e. The van der Waals surface area contributed by atoms with Crippen LogP contribution in [0.15, 0.2) is 11.8 Å². The Labute approximate surface area is 60.6 Å². The third kappa shape index (κ3) is 1.38. The molecule has 0 bridgehead atoms. The summed E-state index contributed by atoms with van der Waals surface area (Å²) < 4.78 is 0. The van der Waals surface area contributed by atoms with Crippen molar-refractivity contribution in [3.05, 3.63) is 11.8 Å².